The van der Waals surface area contributed by atoms with E-state index in [9.17, 15) is 4.79 Å². The second-order valence-electron chi connectivity index (χ2n) is 3.86. The van der Waals surface area contributed by atoms with E-state index in [4.69, 9.17) is 5.73 Å². The molecule has 1 heterocycles. The van der Waals surface area contributed by atoms with Crippen LogP contribution < -0.4 is 16.7 Å². The van der Waals surface area contributed by atoms with Gasteiger partial charge >= 0.3 is 0 Å². The topological polar surface area (TPSA) is 88.2 Å². The van der Waals surface area contributed by atoms with E-state index in [-0.39, 0.29) is 10.7 Å². The molecule has 0 spiro atoms. The quantitative estimate of drug-likeness (QED) is 0.436. The Labute approximate surface area is 114 Å². The van der Waals surface area contributed by atoms with Crippen molar-refractivity contribution in [2.45, 2.75) is 6.92 Å². The maximum absolute atomic E-state index is 12.2. The highest BCUT2D eigenvalue weighted by molar-refractivity contribution is 7.80. The lowest BCUT2D eigenvalue weighted by Gasteiger charge is -1.99. The number of hydrogen-bond donors (Lipinski definition) is 3. The minimum atomic E-state index is -0.183. The molecule has 0 aliphatic heterocycles. The number of nitrogens with zero attached hydrogens (tertiary/aromatic N) is 2. The minimum Gasteiger partial charge on any atom is -0.375 e. The van der Waals surface area contributed by atoms with Crippen molar-refractivity contribution >= 4 is 23.5 Å². The molecular weight excluding hydrogens is 262 g/mol. The van der Waals surface area contributed by atoms with Crippen LogP contribution in [0.15, 0.2) is 40.2 Å². The molecule has 2 aromatic rings. The maximum atomic E-state index is 12.2. The number of aromatic amines is 1. The average molecular weight is 275 g/mol. The molecular formula is C12H13N5OS. The Morgan fingerprint density at radius 2 is 2.16 bits per heavy atom. The van der Waals surface area contributed by atoms with Crippen molar-refractivity contribution in [1.82, 2.24) is 15.2 Å². The number of hydrogen-bond acceptors (Lipinski definition) is 3. The second kappa shape index (κ2) is 5.49. The van der Waals surface area contributed by atoms with E-state index < -0.39 is 0 Å². The first-order chi connectivity index (χ1) is 9.09. The standard InChI is InChI=1S/C12H13N5OS/c1-8-10(7-14-15-12(13)19)11(18)17(16-8)9-5-3-2-4-6-9/h2-7,16H,1H3,(H3,13,15,19). The summed E-state index contributed by atoms with van der Waals surface area (Å²) < 4.78 is 1.46. The molecule has 0 fully saturated rings. The summed E-state index contributed by atoms with van der Waals surface area (Å²) in [6.07, 6.45) is 1.40. The fraction of sp³-hybridized carbons (Fsp3) is 0.0833. The third-order valence-corrected chi connectivity index (χ3v) is 2.59. The first kappa shape index (κ1) is 13.0. The molecule has 2 rings (SSSR count). The highest BCUT2D eigenvalue weighted by atomic mass is 32.1. The number of hydrazone groups is 1. The lowest BCUT2D eigenvalue weighted by molar-refractivity contribution is 0.835. The number of rotatable bonds is 3. The lowest BCUT2D eigenvalue weighted by Crippen LogP contribution is -2.24. The summed E-state index contributed by atoms with van der Waals surface area (Å²) in [6, 6.07) is 9.29. The van der Waals surface area contributed by atoms with Crippen LogP contribution >= 0.6 is 12.2 Å². The molecule has 1 aromatic heterocycles. The number of nitrogens with two attached hydrogens (primary N) is 1. The average Bonchev–Trinajstić information content (AvgIpc) is 2.67. The second-order valence-corrected chi connectivity index (χ2v) is 4.30. The van der Waals surface area contributed by atoms with Gasteiger partial charge in [-0.2, -0.15) is 5.10 Å². The zero-order valence-corrected chi connectivity index (χ0v) is 11.1. The van der Waals surface area contributed by atoms with Crippen molar-refractivity contribution in [3.05, 3.63) is 51.9 Å². The van der Waals surface area contributed by atoms with Crippen LogP contribution in [0.1, 0.15) is 11.3 Å². The molecule has 4 N–H and O–H groups in total. The van der Waals surface area contributed by atoms with E-state index in [1.165, 1.54) is 10.9 Å². The zero-order valence-electron chi connectivity index (χ0n) is 10.3. The van der Waals surface area contributed by atoms with Crippen LogP contribution in [0.5, 0.6) is 0 Å². The van der Waals surface area contributed by atoms with Crippen LogP contribution in [0.25, 0.3) is 5.69 Å². The number of H-pyrrole nitrogens is 1. The fourth-order valence-corrected chi connectivity index (χ4v) is 1.68. The van der Waals surface area contributed by atoms with Crippen LogP contribution in [0.2, 0.25) is 0 Å². The van der Waals surface area contributed by atoms with Gasteiger partial charge in [-0.05, 0) is 31.3 Å². The summed E-state index contributed by atoms with van der Waals surface area (Å²) in [5.74, 6) is 0. The van der Waals surface area contributed by atoms with Crippen LogP contribution in [0.3, 0.4) is 0 Å². The van der Waals surface area contributed by atoms with Crippen LogP contribution in [-0.4, -0.2) is 21.1 Å². The van der Waals surface area contributed by atoms with Crippen molar-refractivity contribution < 1.29 is 0 Å². The van der Waals surface area contributed by atoms with Crippen LogP contribution in [0, 0.1) is 6.92 Å². The molecule has 98 valence electrons. The summed E-state index contributed by atoms with van der Waals surface area (Å²) in [5, 5.41) is 6.83. The molecule has 0 atom stereocenters. The predicted molar refractivity (Wildman–Crippen MR) is 78.6 cm³/mol. The number of aryl methyl sites for hydroxylation is 1. The molecule has 6 nitrogen and oxygen atoms in total. The summed E-state index contributed by atoms with van der Waals surface area (Å²) in [7, 11) is 0. The molecule has 0 amide bonds. The number of aromatic nitrogens is 2. The highest BCUT2D eigenvalue weighted by Crippen LogP contribution is 2.05. The van der Waals surface area contributed by atoms with E-state index in [2.05, 4.69) is 27.8 Å². The third kappa shape index (κ3) is 2.89. The molecule has 0 aliphatic rings. The SMILES string of the molecule is Cc1[nH]n(-c2ccccc2)c(=O)c1C=NNC(N)=S. The molecule has 0 radical (unpaired) electrons. The molecule has 0 aliphatic carbocycles. The highest BCUT2D eigenvalue weighted by Gasteiger charge is 2.10. The fourth-order valence-electron chi connectivity index (χ4n) is 1.63. The molecule has 0 bridgehead atoms. The van der Waals surface area contributed by atoms with Crippen molar-refractivity contribution in [2.24, 2.45) is 10.8 Å². The zero-order chi connectivity index (χ0) is 13.8. The van der Waals surface area contributed by atoms with Gasteiger partial charge in [0.1, 0.15) is 0 Å². The van der Waals surface area contributed by atoms with Crippen molar-refractivity contribution in [3.63, 3.8) is 0 Å². The number of para-hydroxylation sites is 1. The Kier molecular flexibility index (Phi) is 3.76. The molecule has 0 saturated heterocycles. The first-order valence-electron chi connectivity index (χ1n) is 5.55. The molecule has 19 heavy (non-hydrogen) atoms. The Balaban J connectivity index is 2.38. The number of benzene rings is 1. The summed E-state index contributed by atoms with van der Waals surface area (Å²) in [4.78, 5) is 12.2. The van der Waals surface area contributed by atoms with Crippen molar-refractivity contribution in [1.29, 1.82) is 0 Å². The smallest absolute Gasteiger partial charge is 0.280 e. The Bertz CT molecular complexity index is 671. The van der Waals surface area contributed by atoms with Gasteiger partial charge < -0.3 is 5.73 Å². The van der Waals surface area contributed by atoms with E-state index >= 15 is 0 Å². The predicted octanol–water partition coefficient (Wildman–Crippen LogP) is 0.641. The van der Waals surface area contributed by atoms with Crippen molar-refractivity contribution in [2.75, 3.05) is 0 Å². The molecule has 0 unspecified atom stereocenters. The molecule has 1 aromatic carbocycles. The normalized spacial score (nSPS) is 10.8. The molecule has 7 heteroatoms. The van der Waals surface area contributed by atoms with E-state index in [0.29, 0.717) is 11.3 Å². The Morgan fingerprint density at radius 1 is 1.47 bits per heavy atom. The van der Waals surface area contributed by atoms with Crippen LogP contribution in [0.4, 0.5) is 0 Å². The largest absolute Gasteiger partial charge is 0.375 e. The lowest BCUT2D eigenvalue weighted by atomic mass is 10.3. The number of thiocarbonyl (C=S) groups is 1. The maximum Gasteiger partial charge on any atom is 0.280 e. The van der Waals surface area contributed by atoms with Gasteiger partial charge in [-0.15, -0.1) is 0 Å². The molecule has 0 saturated carbocycles. The van der Waals surface area contributed by atoms with Gasteiger partial charge in [0.15, 0.2) is 5.11 Å². The third-order valence-electron chi connectivity index (χ3n) is 2.50. The number of nitrogens with one attached hydrogen (secondary N) is 2. The Hall–Kier alpha value is -2.41. The monoisotopic (exact) mass is 275 g/mol. The first-order valence-corrected chi connectivity index (χ1v) is 5.96. The summed E-state index contributed by atoms with van der Waals surface area (Å²) >= 11 is 4.62. The van der Waals surface area contributed by atoms with Crippen LogP contribution in [-0.2, 0) is 0 Å². The minimum absolute atomic E-state index is 0.0489. The Morgan fingerprint density at radius 3 is 2.79 bits per heavy atom. The van der Waals surface area contributed by atoms with Gasteiger partial charge in [-0.3, -0.25) is 15.3 Å². The van der Waals surface area contributed by atoms with E-state index in [1.807, 2.05) is 30.3 Å². The van der Waals surface area contributed by atoms with Crippen molar-refractivity contribution in [3.8, 4) is 5.69 Å². The summed E-state index contributed by atoms with van der Waals surface area (Å²) in [5.41, 5.74) is 9.40. The van der Waals surface area contributed by atoms with E-state index in [1.54, 1.807) is 6.92 Å². The van der Waals surface area contributed by atoms with E-state index in [0.717, 1.165) is 5.69 Å². The van der Waals surface area contributed by atoms with Gasteiger partial charge in [0.25, 0.3) is 5.56 Å². The van der Waals surface area contributed by atoms with Gasteiger partial charge in [0.05, 0.1) is 17.5 Å². The van der Waals surface area contributed by atoms with Gasteiger partial charge in [0.2, 0.25) is 0 Å². The van der Waals surface area contributed by atoms with Gasteiger partial charge in [-0.25, -0.2) is 4.68 Å². The summed E-state index contributed by atoms with van der Waals surface area (Å²) in [6.45, 7) is 1.79. The van der Waals surface area contributed by atoms with Gasteiger partial charge in [0, 0.05) is 5.69 Å². The van der Waals surface area contributed by atoms with Gasteiger partial charge in [-0.1, -0.05) is 18.2 Å².